The van der Waals surface area contributed by atoms with Crippen LogP contribution in [0.2, 0.25) is 0 Å². The number of nitrogens with zero attached hydrogens (tertiary/aromatic N) is 4. The van der Waals surface area contributed by atoms with Crippen LogP contribution in [0.5, 0.6) is 0 Å². The van der Waals surface area contributed by atoms with Gasteiger partial charge in [0.05, 0.1) is 17.8 Å². The van der Waals surface area contributed by atoms with Gasteiger partial charge in [-0.05, 0) is 26.1 Å². The van der Waals surface area contributed by atoms with Crippen molar-refractivity contribution in [2.45, 2.75) is 20.0 Å². The molecule has 2 heterocycles. The molecule has 0 unspecified atom stereocenters. The van der Waals surface area contributed by atoms with E-state index in [0.717, 1.165) is 16.3 Å². The van der Waals surface area contributed by atoms with Gasteiger partial charge in [-0.1, -0.05) is 17.3 Å². The highest BCUT2D eigenvalue weighted by molar-refractivity contribution is 7.13. The first-order valence-electron chi connectivity index (χ1n) is 7.27. The van der Waals surface area contributed by atoms with Crippen molar-refractivity contribution in [1.82, 2.24) is 20.0 Å². The molecule has 3 aromatic rings. The van der Waals surface area contributed by atoms with Crippen molar-refractivity contribution in [3.8, 4) is 10.6 Å². The Morgan fingerprint density at radius 1 is 1.25 bits per heavy atom. The maximum Gasteiger partial charge on any atom is 0.335 e. The number of rotatable bonds is 6. The molecule has 2 aromatic heterocycles. The number of carbonyl (C=O) groups is 1. The molecule has 0 saturated carbocycles. The third-order valence-electron chi connectivity index (χ3n) is 3.34. The number of aromatic nitrogens is 3. The zero-order valence-electron chi connectivity index (χ0n) is 13.3. The summed E-state index contributed by atoms with van der Waals surface area (Å²) < 4.78 is 5.11. The smallest absolute Gasteiger partial charge is 0.335 e. The van der Waals surface area contributed by atoms with E-state index >= 15 is 0 Å². The van der Waals surface area contributed by atoms with E-state index in [4.69, 9.17) is 9.63 Å². The van der Waals surface area contributed by atoms with E-state index in [9.17, 15) is 4.79 Å². The average molecular weight is 344 g/mol. The normalized spacial score (nSPS) is 11.1. The Balaban J connectivity index is 1.65. The molecule has 7 nitrogen and oxygen atoms in total. The molecule has 1 aromatic carbocycles. The first kappa shape index (κ1) is 16.3. The second-order valence-corrected chi connectivity index (χ2v) is 6.29. The minimum Gasteiger partial charge on any atom is -0.478 e. The van der Waals surface area contributed by atoms with Crippen molar-refractivity contribution in [1.29, 1.82) is 0 Å². The number of thiazole rings is 1. The standard InChI is InChI=1S/C16H16N4O3S/c1-10-17-14(23-19-10)8-20(2)7-13-9-24-15(18-13)11-3-5-12(6-4-11)16(21)22/h3-6,9H,7-8H2,1-2H3,(H,21,22). The molecule has 1 N–H and O–H groups in total. The topological polar surface area (TPSA) is 92.4 Å². The van der Waals surface area contributed by atoms with Crippen LogP contribution in [0.1, 0.15) is 27.8 Å². The van der Waals surface area contributed by atoms with Crippen molar-refractivity contribution in [2.24, 2.45) is 0 Å². The molecule has 0 saturated heterocycles. The second-order valence-electron chi connectivity index (χ2n) is 5.43. The molecule has 0 spiro atoms. The van der Waals surface area contributed by atoms with E-state index in [-0.39, 0.29) is 5.56 Å². The van der Waals surface area contributed by atoms with Gasteiger partial charge in [0, 0.05) is 17.5 Å². The van der Waals surface area contributed by atoms with Crippen LogP contribution in [0.4, 0.5) is 0 Å². The van der Waals surface area contributed by atoms with Crippen LogP contribution >= 0.6 is 11.3 Å². The molecule has 0 fully saturated rings. The zero-order valence-corrected chi connectivity index (χ0v) is 14.1. The summed E-state index contributed by atoms with van der Waals surface area (Å²) in [6, 6.07) is 6.72. The summed E-state index contributed by atoms with van der Waals surface area (Å²) >= 11 is 1.53. The number of hydrogen-bond acceptors (Lipinski definition) is 7. The Labute approximate surface area is 142 Å². The highest BCUT2D eigenvalue weighted by Gasteiger charge is 2.11. The third-order valence-corrected chi connectivity index (χ3v) is 4.28. The van der Waals surface area contributed by atoms with E-state index in [1.54, 1.807) is 31.2 Å². The number of benzene rings is 1. The quantitative estimate of drug-likeness (QED) is 0.735. The van der Waals surface area contributed by atoms with Crippen LogP contribution in [0.15, 0.2) is 34.2 Å². The average Bonchev–Trinajstić information content (AvgIpc) is 3.16. The first-order valence-corrected chi connectivity index (χ1v) is 8.15. The summed E-state index contributed by atoms with van der Waals surface area (Å²) in [6.45, 7) is 3.00. The molecule has 0 aliphatic carbocycles. The zero-order chi connectivity index (χ0) is 17.1. The van der Waals surface area contributed by atoms with Crippen LogP contribution in [0.25, 0.3) is 10.6 Å². The predicted molar refractivity (Wildman–Crippen MR) is 88.7 cm³/mol. The summed E-state index contributed by atoms with van der Waals surface area (Å²) in [7, 11) is 1.96. The Bertz CT molecular complexity index is 841. The molecule has 0 bridgehead atoms. The highest BCUT2D eigenvalue weighted by Crippen LogP contribution is 2.24. The van der Waals surface area contributed by atoms with Gasteiger partial charge in [-0.15, -0.1) is 11.3 Å². The lowest BCUT2D eigenvalue weighted by atomic mass is 10.1. The van der Waals surface area contributed by atoms with E-state index in [0.29, 0.717) is 24.8 Å². The van der Waals surface area contributed by atoms with Gasteiger partial charge in [0.15, 0.2) is 5.82 Å². The molecule has 0 aliphatic rings. The molecule has 0 amide bonds. The minimum absolute atomic E-state index is 0.269. The van der Waals surface area contributed by atoms with Crippen molar-refractivity contribution in [2.75, 3.05) is 7.05 Å². The summed E-state index contributed by atoms with van der Waals surface area (Å²) in [5.41, 5.74) is 2.12. The van der Waals surface area contributed by atoms with Crippen LogP contribution in [0, 0.1) is 6.92 Å². The van der Waals surface area contributed by atoms with Gasteiger partial charge in [-0.25, -0.2) is 9.78 Å². The fourth-order valence-corrected chi connectivity index (χ4v) is 3.05. The number of hydrogen-bond donors (Lipinski definition) is 1. The van der Waals surface area contributed by atoms with Crippen LogP contribution in [-0.2, 0) is 13.1 Å². The summed E-state index contributed by atoms with van der Waals surface area (Å²) in [6.07, 6.45) is 0. The SMILES string of the molecule is Cc1noc(CN(C)Cc2csc(-c3ccc(C(=O)O)cc3)n2)n1. The third kappa shape index (κ3) is 3.84. The van der Waals surface area contributed by atoms with E-state index in [1.807, 2.05) is 17.3 Å². The molecule has 3 rings (SSSR count). The van der Waals surface area contributed by atoms with Crippen molar-refractivity contribution in [3.05, 3.63) is 52.6 Å². The number of aryl methyl sites for hydroxylation is 1. The van der Waals surface area contributed by atoms with Crippen LogP contribution < -0.4 is 0 Å². The van der Waals surface area contributed by atoms with Crippen molar-refractivity contribution < 1.29 is 14.4 Å². The summed E-state index contributed by atoms with van der Waals surface area (Å²) in [4.78, 5) is 21.7. The molecule has 8 heteroatoms. The maximum atomic E-state index is 10.9. The Hall–Kier alpha value is -2.58. The summed E-state index contributed by atoms with van der Waals surface area (Å²) in [5.74, 6) is 0.271. The van der Waals surface area contributed by atoms with E-state index < -0.39 is 5.97 Å². The molecule has 124 valence electrons. The van der Waals surface area contributed by atoms with Gasteiger partial charge in [0.25, 0.3) is 0 Å². The van der Waals surface area contributed by atoms with Gasteiger partial charge in [0.1, 0.15) is 5.01 Å². The minimum atomic E-state index is -0.931. The number of carboxylic acids is 1. The molecule has 0 aliphatic heterocycles. The van der Waals surface area contributed by atoms with Gasteiger partial charge in [-0.3, -0.25) is 4.90 Å². The van der Waals surface area contributed by atoms with Gasteiger partial charge in [-0.2, -0.15) is 4.98 Å². The molecular weight excluding hydrogens is 328 g/mol. The van der Waals surface area contributed by atoms with E-state index in [2.05, 4.69) is 15.1 Å². The predicted octanol–water partition coefficient (Wildman–Crippen LogP) is 2.83. The second kappa shape index (κ2) is 6.90. The number of carboxylic acid groups (broad SMARTS) is 1. The lowest BCUT2D eigenvalue weighted by molar-refractivity contribution is 0.0697. The monoisotopic (exact) mass is 344 g/mol. The van der Waals surface area contributed by atoms with Gasteiger partial charge < -0.3 is 9.63 Å². The Morgan fingerprint density at radius 2 is 2.00 bits per heavy atom. The molecular formula is C16H16N4O3S. The van der Waals surface area contributed by atoms with Crippen molar-refractivity contribution in [3.63, 3.8) is 0 Å². The lowest BCUT2D eigenvalue weighted by Gasteiger charge is -2.11. The van der Waals surface area contributed by atoms with Crippen LogP contribution in [-0.4, -0.2) is 38.1 Å². The molecule has 0 radical (unpaired) electrons. The largest absolute Gasteiger partial charge is 0.478 e. The van der Waals surface area contributed by atoms with Gasteiger partial charge in [0.2, 0.25) is 5.89 Å². The van der Waals surface area contributed by atoms with Crippen LogP contribution in [0.3, 0.4) is 0 Å². The first-order chi connectivity index (χ1) is 11.5. The highest BCUT2D eigenvalue weighted by atomic mass is 32.1. The fourth-order valence-electron chi connectivity index (χ4n) is 2.24. The van der Waals surface area contributed by atoms with E-state index in [1.165, 1.54) is 11.3 Å². The fraction of sp³-hybridized carbons (Fsp3) is 0.250. The van der Waals surface area contributed by atoms with Gasteiger partial charge >= 0.3 is 5.97 Å². The maximum absolute atomic E-state index is 10.9. The molecule has 0 atom stereocenters. The molecule has 24 heavy (non-hydrogen) atoms. The van der Waals surface area contributed by atoms with Crippen molar-refractivity contribution >= 4 is 17.3 Å². The Kier molecular flexibility index (Phi) is 4.68. The number of aromatic carboxylic acids is 1. The lowest BCUT2D eigenvalue weighted by Crippen LogP contribution is -2.17. The summed E-state index contributed by atoms with van der Waals surface area (Å²) in [5, 5.41) is 15.6. The Morgan fingerprint density at radius 3 is 2.62 bits per heavy atom.